The molecule has 0 bridgehead atoms. The van der Waals surface area contributed by atoms with Gasteiger partial charge in [-0.3, -0.25) is 4.68 Å². The highest BCUT2D eigenvalue weighted by atomic mass is 15.3. The molecule has 0 radical (unpaired) electrons. The van der Waals surface area contributed by atoms with Crippen LogP contribution < -0.4 is 0 Å². The van der Waals surface area contributed by atoms with Crippen LogP contribution in [0.15, 0.2) is 12.3 Å². The highest BCUT2D eigenvalue weighted by molar-refractivity contribution is 5.03. The third kappa shape index (κ3) is 2.15. The lowest BCUT2D eigenvalue weighted by Crippen LogP contribution is -2.39. The van der Waals surface area contributed by atoms with Gasteiger partial charge in [-0.25, -0.2) is 0 Å². The summed E-state index contributed by atoms with van der Waals surface area (Å²) in [5.74, 6) is 0.542. The average Bonchev–Trinajstić information content (AvgIpc) is 2.50. The Hall–Kier alpha value is -0.830. The largest absolute Gasteiger partial charge is 0.301 e. The van der Waals surface area contributed by atoms with Crippen LogP contribution in [-0.2, 0) is 6.54 Å². The van der Waals surface area contributed by atoms with Gasteiger partial charge in [-0.2, -0.15) is 5.10 Å². The van der Waals surface area contributed by atoms with Crippen LogP contribution in [0.5, 0.6) is 0 Å². The van der Waals surface area contributed by atoms with E-state index < -0.39 is 0 Å². The van der Waals surface area contributed by atoms with Crippen LogP contribution in [0.3, 0.4) is 0 Å². The van der Waals surface area contributed by atoms with Gasteiger partial charge in [0.2, 0.25) is 0 Å². The maximum absolute atomic E-state index is 4.53. The van der Waals surface area contributed by atoms with Crippen molar-refractivity contribution in [1.82, 2.24) is 14.7 Å². The molecule has 0 amide bonds. The molecule has 1 aliphatic heterocycles. The number of nitrogens with zero attached hydrogens (tertiary/aromatic N) is 3. The summed E-state index contributed by atoms with van der Waals surface area (Å²) in [4.78, 5) is 2.47. The van der Waals surface area contributed by atoms with Crippen LogP contribution in [-0.4, -0.2) is 34.3 Å². The van der Waals surface area contributed by atoms with Crippen LogP contribution in [0.2, 0.25) is 0 Å². The fraction of sp³-hybridized carbons (Fsp3) is 0.727. The highest BCUT2D eigenvalue weighted by Crippen LogP contribution is 2.11. The lowest BCUT2D eigenvalue weighted by atomic mass is 10.1. The van der Waals surface area contributed by atoms with Gasteiger partial charge in [0, 0.05) is 12.7 Å². The highest BCUT2D eigenvalue weighted by Gasteiger charge is 2.13. The summed E-state index contributed by atoms with van der Waals surface area (Å²) in [6.07, 6.45) is 3.46. The Kier molecular flexibility index (Phi) is 2.87. The number of aromatic nitrogens is 2. The fourth-order valence-electron chi connectivity index (χ4n) is 1.66. The topological polar surface area (TPSA) is 21.1 Å². The zero-order valence-corrected chi connectivity index (χ0v) is 9.11. The van der Waals surface area contributed by atoms with Gasteiger partial charge >= 0.3 is 0 Å². The van der Waals surface area contributed by atoms with Crippen LogP contribution >= 0.6 is 0 Å². The maximum Gasteiger partial charge on any atom is 0.0649 e. The second-order valence-corrected chi connectivity index (χ2v) is 4.35. The predicted octanol–water partition coefficient (Wildman–Crippen LogP) is 1.71. The van der Waals surface area contributed by atoms with Crippen molar-refractivity contribution >= 4 is 0 Å². The Morgan fingerprint density at radius 1 is 1.36 bits per heavy atom. The first-order chi connectivity index (χ1) is 6.75. The van der Waals surface area contributed by atoms with Gasteiger partial charge < -0.3 is 4.90 Å². The molecule has 1 aliphatic rings. The molecule has 0 aliphatic carbocycles. The van der Waals surface area contributed by atoms with Crippen molar-refractivity contribution in [2.75, 3.05) is 19.6 Å². The van der Waals surface area contributed by atoms with Crippen LogP contribution in [0.25, 0.3) is 0 Å². The molecule has 1 fully saturated rings. The molecular formula is C11H19N3. The molecule has 0 unspecified atom stereocenters. The first kappa shape index (κ1) is 9.71. The minimum absolute atomic E-state index is 0.542. The summed E-state index contributed by atoms with van der Waals surface area (Å²) in [5, 5.41) is 4.53. The lowest BCUT2D eigenvalue weighted by Gasteiger charge is -2.30. The number of likely N-dealkylation sites (tertiary alicyclic amines) is 1. The number of rotatable bonds is 4. The standard InChI is InChI=1S/C11H19N3/c1-10(2)11-4-7-14(12-11)9-8-13-5-3-6-13/h4,7,10H,3,5-6,8-9H2,1-2H3. The Morgan fingerprint density at radius 3 is 2.64 bits per heavy atom. The molecule has 0 spiro atoms. The van der Waals surface area contributed by atoms with Crippen molar-refractivity contribution in [3.8, 4) is 0 Å². The summed E-state index contributed by atoms with van der Waals surface area (Å²) in [6.45, 7) is 9.10. The second-order valence-electron chi connectivity index (χ2n) is 4.35. The Morgan fingerprint density at radius 2 is 2.14 bits per heavy atom. The van der Waals surface area contributed by atoms with Crippen LogP contribution in [0.1, 0.15) is 31.9 Å². The van der Waals surface area contributed by atoms with E-state index in [1.807, 2.05) is 0 Å². The van der Waals surface area contributed by atoms with E-state index >= 15 is 0 Å². The molecule has 1 aromatic rings. The van der Waals surface area contributed by atoms with E-state index in [4.69, 9.17) is 0 Å². The summed E-state index contributed by atoms with van der Waals surface area (Å²) in [6, 6.07) is 2.13. The molecule has 0 atom stereocenters. The van der Waals surface area contributed by atoms with Crippen molar-refractivity contribution in [3.63, 3.8) is 0 Å². The van der Waals surface area contributed by atoms with Gasteiger partial charge in [-0.1, -0.05) is 13.8 Å². The molecule has 0 N–H and O–H groups in total. The Labute approximate surface area is 85.7 Å². The van der Waals surface area contributed by atoms with E-state index in [1.54, 1.807) is 0 Å². The smallest absolute Gasteiger partial charge is 0.0649 e. The van der Waals surface area contributed by atoms with E-state index in [1.165, 1.54) is 25.2 Å². The summed E-state index contributed by atoms with van der Waals surface area (Å²) >= 11 is 0. The summed E-state index contributed by atoms with van der Waals surface area (Å²) in [5.41, 5.74) is 1.20. The first-order valence-corrected chi connectivity index (χ1v) is 5.51. The fourth-order valence-corrected chi connectivity index (χ4v) is 1.66. The van der Waals surface area contributed by atoms with Crippen molar-refractivity contribution in [1.29, 1.82) is 0 Å². The molecule has 1 saturated heterocycles. The van der Waals surface area contributed by atoms with Crippen LogP contribution in [0.4, 0.5) is 0 Å². The molecule has 3 nitrogen and oxygen atoms in total. The zero-order valence-electron chi connectivity index (χ0n) is 9.11. The molecule has 2 rings (SSSR count). The zero-order chi connectivity index (χ0) is 9.97. The molecule has 2 heterocycles. The molecule has 1 aromatic heterocycles. The van der Waals surface area contributed by atoms with Gasteiger partial charge in [0.25, 0.3) is 0 Å². The van der Waals surface area contributed by atoms with E-state index in [9.17, 15) is 0 Å². The van der Waals surface area contributed by atoms with Gasteiger partial charge in [-0.05, 0) is 31.5 Å². The maximum atomic E-state index is 4.53. The van der Waals surface area contributed by atoms with Crippen molar-refractivity contribution < 1.29 is 0 Å². The Balaban J connectivity index is 1.83. The minimum Gasteiger partial charge on any atom is -0.301 e. The average molecular weight is 193 g/mol. The van der Waals surface area contributed by atoms with Gasteiger partial charge in [0.1, 0.15) is 0 Å². The molecule has 78 valence electrons. The van der Waals surface area contributed by atoms with Gasteiger partial charge in [0.05, 0.1) is 12.2 Å². The van der Waals surface area contributed by atoms with Gasteiger partial charge in [-0.15, -0.1) is 0 Å². The molecule has 0 aromatic carbocycles. The van der Waals surface area contributed by atoms with E-state index in [0.717, 1.165) is 13.1 Å². The molecule has 0 saturated carbocycles. The third-order valence-corrected chi connectivity index (χ3v) is 2.85. The predicted molar refractivity (Wildman–Crippen MR) is 57.4 cm³/mol. The van der Waals surface area contributed by atoms with E-state index in [-0.39, 0.29) is 0 Å². The quantitative estimate of drug-likeness (QED) is 0.726. The summed E-state index contributed by atoms with van der Waals surface area (Å²) < 4.78 is 2.06. The summed E-state index contributed by atoms with van der Waals surface area (Å²) in [7, 11) is 0. The monoisotopic (exact) mass is 193 g/mol. The number of hydrogen-bond donors (Lipinski definition) is 0. The SMILES string of the molecule is CC(C)c1ccn(CCN2CCC2)n1. The van der Waals surface area contributed by atoms with Gasteiger partial charge in [0.15, 0.2) is 0 Å². The van der Waals surface area contributed by atoms with Crippen molar-refractivity contribution in [2.24, 2.45) is 0 Å². The lowest BCUT2D eigenvalue weighted by molar-refractivity contribution is 0.172. The first-order valence-electron chi connectivity index (χ1n) is 5.51. The van der Waals surface area contributed by atoms with E-state index in [2.05, 4.69) is 40.8 Å². The normalized spacial score (nSPS) is 17.4. The van der Waals surface area contributed by atoms with Crippen molar-refractivity contribution in [2.45, 2.75) is 32.7 Å². The third-order valence-electron chi connectivity index (χ3n) is 2.85. The number of hydrogen-bond acceptors (Lipinski definition) is 2. The van der Waals surface area contributed by atoms with Crippen molar-refractivity contribution in [3.05, 3.63) is 18.0 Å². The van der Waals surface area contributed by atoms with Crippen LogP contribution in [0, 0.1) is 0 Å². The van der Waals surface area contributed by atoms with E-state index in [0.29, 0.717) is 5.92 Å². The Bertz CT molecular complexity index is 286. The molecular weight excluding hydrogens is 174 g/mol. The second kappa shape index (κ2) is 4.13. The minimum atomic E-state index is 0.542. The molecule has 3 heteroatoms. The molecule has 14 heavy (non-hydrogen) atoms.